The Bertz CT molecular complexity index is 2970. The molecule has 9 amide bonds. The fraction of sp³-hybridized carbons (Fsp3) is 0.517. The van der Waals surface area contributed by atoms with Crippen LogP contribution in [0.4, 0.5) is 0 Å². The first kappa shape index (κ1) is 73.1. The van der Waals surface area contributed by atoms with E-state index in [1.165, 1.54) is 60.4 Å². The van der Waals surface area contributed by atoms with Gasteiger partial charge in [0.15, 0.2) is 5.96 Å². The quantitative estimate of drug-likeness (QED) is 0.0162. The van der Waals surface area contributed by atoms with Crippen LogP contribution in [0.2, 0.25) is 0 Å². The molecule has 3 aromatic rings. The molecule has 1 aromatic heterocycles. The summed E-state index contributed by atoms with van der Waals surface area (Å²) in [5, 5.41) is 59.2. The molecule has 1 saturated heterocycles. The van der Waals surface area contributed by atoms with Crippen molar-refractivity contribution < 1.29 is 78.0 Å². The second kappa shape index (κ2) is 36.9. The van der Waals surface area contributed by atoms with Crippen LogP contribution in [0.1, 0.15) is 95.4 Å². The first-order valence-corrected chi connectivity index (χ1v) is 30.6. The van der Waals surface area contributed by atoms with E-state index in [1.54, 1.807) is 44.2 Å². The number of carboxylic acids is 3. The zero-order valence-electron chi connectivity index (χ0n) is 50.5. The van der Waals surface area contributed by atoms with Crippen molar-refractivity contribution in [2.24, 2.45) is 28.1 Å². The number of aromatic nitrogens is 2. The zero-order chi connectivity index (χ0) is 66.6. The molecule has 492 valence electrons. The Labute approximate surface area is 523 Å². The predicted octanol–water partition coefficient (Wildman–Crippen LogP) is -2.36. The number of phenolic OH excluding ortho intramolecular Hbond substituents is 1. The molecule has 90 heavy (non-hydrogen) atoms. The summed E-state index contributed by atoms with van der Waals surface area (Å²) in [6, 6.07) is -0.365. The van der Waals surface area contributed by atoms with E-state index >= 15 is 0 Å². The van der Waals surface area contributed by atoms with Crippen LogP contribution in [-0.4, -0.2) is 198 Å². The highest BCUT2D eigenvalue weighted by atomic mass is 32.2. The van der Waals surface area contributed by atoms with Gasteiger partial charge in [-0.15, -0.1) is 0 Å². The van der Waals surface area contributed by atoms with E-state index in [-0.39, 0.29) is 63.3 Å². The summed E-state index contributed by atoms with van der Waals surface area (Å²) in [5.74, 6) is -13.1. The number of nitrogens with one attached hydrogen (secondary N) is 9. The van der Waals surface area contributed by atoms with Crippen LogP contribution in [0.3, 0.4) is 0 Å². The number of carbonyl (C=O) groups excluding carboxylic acids is 9. The fourth-order valence-electron chi connectivity index (χ4n) is 9.51. The van der Waals surface area contributed by atoms with E-state index in [0.29, 0.717) is 41.8 Å². The highest BCUT2D eigenvalue weighted by Gasteiger charge is 2.40. The van der Waals surface area contributed by atoms with E-state index < -0.39 is 157 Å². The summed E-state index contributed by atoms with van der Waals surface area (Å²) >= 11 is 1.49. The number of thioether (sulfide) groups is 1. The number of phenols is 1. The Hall–Kier alpha value is -9.33. The average molecular weight is 1280 g/mol. The molecular weight excluding hydrogens is 1190 g/mol. The van der Waals surface area contributed by atoms with Crippen molar-refractivity contribution in [3.8, 4) is 5.75 Å². The number of rotatable bonds is 38. The Kier molecular flexibility index (Phi) is 29.9. The molecule has 0 aliphatic carbocycles. The molecule has 4 rings (SSSR count). The first-order chi connectivity index (χ1) is 42.7. The molecule has 0 bridgehead atoms. The number of likely N-dealkylation sites (tertiary alicyclic amines) is 1. The van der Waals surface area contributed by atoms with E-state index in [4.69, 9.17) is 17.2 Å². The maximum Gasteiger partial charge on any atom is 0.326 e. The first-order valence-electron chi connectivity index (χ1n) is 29.2. The molecule has 2 aromatic carbocycles. The lowest BCUT2D eigenvalue weighted by molar-refractivity contribution is -0.142. The van der Waals surface area contributed by atoms with Crippen LogP contribution in [0.25, 0.3) is 0 Å². The molecule has 19 N–H and O–H groups in total. The Morgan fingerprint density at radius 1 is 0.678 bits per heavy atom. The van der Waals surface area contributed by atoms with Crippen LogP contribution in [0.5, 0.6) is 5.75 Å². The lowest BCUT2D eigenvalue weighted by Crippen LogP contribution is -2.61. The van der Waals surface area contributed by atoms with Crippen LogP contribution >= 0.6 is 11.8 Å². The van der Waals surface area contributed by atoms with E-state index in [2.05, 4.69) is 57.5 Å². The van der Waals surface area contributed by atoms with Gasteiger partial charge in [-0.3, -0.25) is 57.7 Å². The molecule has 2 heterocycles. The number of aliphatic carboxylic acids is 3. The number of benzene rings is 2. The van der Waals surface area contributed by atoms with Gasteiger partial charge < -0.3 is 90.0 Å². The maximum atomic E-state index is 14.5. The Morgan fingerprint density at radius 2 is 1.24 bits per heavy atom. The topological polar surface area (TPSA) is 504 Å². The number of amides is 9. The summed E-state index contributed by atoms with van der Waals surface area (Å²) in [6.07, 6.45) is 2.74. The molecule has 11 atom stereocenters. The van der Waals surface area contributed by atoms with Crippen molar-refractivity contribution in [2.45, 2.75) is 158 Å². The highest BCUT2D eigenvalue weighted by molar-refractivity contribution is 7.98. The van der Waals surface area contributed by atoms with Crippen molar-refractivity contribution in [1.29, 1.82) is 0 Å². The smallest absolute Gasteiger partial charge is 0.326 e. The number of aromatic amines is 1. The van der Waals surface area contributed by atoms with E-state index in [9.17, 15) is 78.0 Å². The van der Waals surface area contributed by atoms with Crippen molar-refractivity contribution >= 4 is 88.8 Å². The number of guanidine groups is 1. The van der Waals surface area contributed by atoms with Gasteiger partial charge in [-0.25, -0.2) is 9.78 Å². The SMILES string of the molecule is CC[C@H](C)[C@H](NC(=O)[C@H](Cc1ccccc1)NC(=O)[C@H](Cc1cnc[nH]1)NC(=O)[C@H](C)NC(=O)[C@H](CC(=O)O)NC(=O)[C@H](CCC(=O)O)NC(=O)[C@H](CCCN=C(N)N)NC(=O)[C@@H]1CCCN1C(=O)[C@@H](N)CCSC)C(=O)N[C@@H](Cc1ccc(O)cc1)C(=O)O. The summed E-state index contributed by atoms with van der Waals surface area (Å²) in [6.45, 7) is 4.78. The molecule has 1 aliphatic heterocycles. The number of nitrogens with two attached hydrogens (primary N) is 3. The third kappa shape index (κ3) is 24.3. The van der Waals surface area contributed by atoms with Crippen LogP contribution in [0.15, 0.2) is 72.1 Å². The molecule has 1 aliphatic rings. The predicted molar refractivity (Wildman–Crippen MR) is 327 cm³/mol. The summed E-state index contributed by atoms with van der Waals surface area (Å²) < 4.78 is 0. The minimum Gasteiger partial charge on any atom is -0.508 e. The number of nitrogens with zero attached hydrogens (tertiary/aromatic N) is 3. The number of imidazole rings is 1. The minimum absolute atomic E-state index is 0.00835. The molecule has 32 heteroatoms. The number of aliphatic imine (C=N–C) groups is 1. The number of hydrogen-bond acceptors (Lipinski definition) is 17. The fourth-order valence-corrected chi connectivity index (χ4v) is 10.00. The van der Waals surface area contributed by atoms with Crippen molar-refractivity contribution in [3.63, 3.8) is 0 Å². The molecule has 1 fully saturated rings. The molecule has 0 unspecified atom stereocenters. The van der Waals surface area contributed by atoms with Crippen LogP contribution in [0, 0.1) is 5.92 Å². The lowest BCUT2D eigenvalue weighted by atomic mass is 9.96. The van der Waals surface area contributed by atoms with Gasteiger partial charge in [-0.1, -0.05) is 62.7 Å². The van der Waals surface area contributed by atoms with Crippen molar-refractivity contribution in [2.75, 3.05) is 25.1 Å². The molecule has 0 spiro atoms. The monoisotopic (exact) mass is 1280 g/mol. The highest BCUT2D eigenvalue weighted by Crippen LogP contribution is 2.21. The zero-order valence-corrected chi connectivity index (χ0v) is 51.3. The number of aromatic hydroxyl groups is 1. The van der Waals surface area contributed by atoms with Gasteiger partial charge in [0, 0.05) is 50.7 Å². The van der Waals surface area contributed by atoms with Gasteiger partial charge in [-0.05, 0) is 86.6 Å². The number of H-pyrrole nitrogens is 1. The van der Waals surface area contributed by atoms with Crippen LogP contribution in [-0.2, 0) is 76.8 Å². The Morgan fingerprint density at radius 3 is 1.84 bits per heavy atom. The summed E-state index contributed by atoms with van der Waals surface area (Å²) in [4.78, 5) is 175. The lowest BCUT2D eigenvalue weighted by Gasteiger charge is -2.29. The van der Waals surface area contributed by atoms with Gasteiger partial charge >= 0.3 is 17.9 Å². The molecular formula is C58H83N15O16S. The van der Waals surface area contributed by atoms with E-state index in [1.807, 2.05) is 6.26 Å². The van der Waals surface area contributed by atoms with Crippen molar-refractivity contribution in [3.05, 3.63) is 83.9 Å². The van der Waals surface area contributed by atoms with Gasteiger partial charge in [0.05, 0.1) is 18.8 Å². The molecule has 31 nitrogen and oxygen atoms in total. The van der Waals surface area contributed by atoms with Crippen molar-refractivity contribution in [1.82, 2.24) is 57.4 Å². The largest absolute Gasteiger partial charge is 0.508 e. The van der Waals surface area contributed by atoms with Gasteiger partial charge in [0.25, 0.3) is 0 Å². The summed E-state index contributed by atoms with van der Waals surface area (Å²) in [5.41, 5.74) is 18.4. The van der Waals surface area contributed by atoms with E-state index in [0.717, 1.165) is 0 Å². The van der Waals surface area contributed by atoms with Gasteiger partial charge in [-0.2, -0.15) is 11.8 Å². The maximum absolute atomic E-state index is 14.5. The normalized spacial score (nSPS) is 16.1. The number of hydrogen-bond donors (Lipinski definition) is 16. The summed E-state index contributed by atoms with van der Waals surface area (Å²) in [7, 11) is 0. The average Bonchev–Trinajstić information content (AvgIpc) is 1.94. The minimum atomic E-state index is -1.99. The van der Waals surface area contributed by atoms with Gasteiger partial charge in [0.1, 0.15) is 60.1 Å². The second-order valence-corrected chi connectivity index (χ2v) is 22.7. The third-order valence-corrected chi connectivity index (χ3v) is 15.4. The number of carboxylic acid groups (broad SMARTS) is 3. The third-order valence-electron chi connectivity index (χ3n) is 14.7. The molecule has 0 radical (unpaired) electrons. The molecule has 0 saturated carbocycles. The second-order valence-electron chi connectivity index (χ2n) is 21.7. The standard InChI is InChI=1S/C58H83N15O16S/c1-5-31(2)47(55(86)71-43(57(88)89)26-34-15-17-36(74)18-16-34)72-53(84)40(25-33-11-7-6-8-12-33)69-52(83)41(27-35-29-62-30-64-35)68-48(79)32(3)65-51(82)42(28-46(77)78)70-50(81)39(19-20-45(75)76)66-49(80)38(13-9-22-63-58(60)61)67-54(85)44-14-10-23-73(44)56(87)37(59)21-24-90-4/h6-8,11-12,15-18,29-32,37-44,47,74H,5,9-10,13-14,19-28,59H2,1-4H3,(H,62,64)(H,65,82)(H,66,80)(H,67,85)(H,68,79)(H,69,83)(H,70,81)(H,71,86)(H,72,84)(H,75,76)(H,77,78)(H,88,89)(H4,60,61,63)/t31-,32-,37-,38-,39-,40-,41-,42-,43-,44-,47-/m0/s1. The Balaban J connectivity index is 1.55. The number of carbonyl (C=O) groups is 12. The van der Waals surface area contributed by atoms with Gasteiger partial charge in [0.2, 0.25) is 53.2 Å². The van der Waals surface area contributed by atoms with Crippen LogP contribution < -0.4 is 59.7 Å².